The summed E-state index contributed by atoms with van der Waals surface area (Å²) in [6.45, 7) is 6.94. The lowest BCUT2D eigenvalue weighted by Crippen LogP contribution is -2.11. The molecule has 2 rings (SSSR count). The highest BCUT2D eigenvalue weighted by molar-refractivity contribution is 7.90. The third-order valence-corrected chi connectivity index (χ3v) is 5.38. The van der Waals surface area contributed by atoms with Crippen molar-refractivity contribution >= 4 is 33.7 Å². The first kappa shape index (κ1) is 24.7. The molecule has 2 aromatic carbocycles. The van der Waals surface area contributed by atoms with Crippen molar-refractivity contribution in [1.82, 2.24) is 0 Å². The number of sulfone groups is 1. The van der Waals surface area contributed by atoms with Crippen molar-refractivity contribution in [2.45, 2.75) is 31.6 Å². The van der Waals surface area contributed by atoms with Crippen molar-refractivity contribution in [2.75, 3.05) is 19.5 Å². The smallest absolute Gasteiger partial charge is 0.293 e. The summed E-state index contributed by atoms with van der Waals surface area (Å²) in [5.41, 5.74) is 1.15. The summed E-state index contributed by atoms with van der Waals surface area (Å²) in [7, 11) is -3.36. The Balaban J connectivity index is 0.000000749. The molecule has 0 N–H and O–H groups in total. The Labute approximate surface area is 176 Å². The van der Waals surface area contributed by atoms with E-state index in [4.69, 9.17) is 16.3 Å². The van der Waals surface area contributed by atoms with Crippen LogP contribution in [0.25, 0.3) is 0 Å². The van der Waals surface area contributed by atoms with Crippen molar-refractivity contribution in [2.24, 2.45) is 0 Å². The molecule has 2 aromatic rings. The lowest BCUT2D eigenvalue weighted by molar-refractivity contribution is -0.128. The number of carbonyl (C=O) groups excluding carboxylic acids is 2. The number of halogens is 1. The molecule has 0 fully saturated rings. The minimum atomic E-state index is -3.36. The van der Waals surface area contributed by atoms with Crippen LogP contribution in [0.1, 0.15) is 42.6 Å². The molecule has 0 spiro atoms. The van der Waals surface area contributed by atoms with Crippen LogP contribution in [-0.2, 0) is 19.4 Å². The van der Waals surface area contributed by atoms with Gasteiger partial charge in [-0.25, -0.2) is 8.42 Å². The molecule has 0 radical (unpaired) electrons. The van der Waals surface area contributed by atoms with Crippen LogP contribution >= 0.6 is 11.6 Å². The second-order valence-corrected chi connectivity index (χ2v) is 8.48. The van der Waals surface area contributed by atoms with Gasteiger partial charge in [0, 0.05) is 17.7 Å². The van der Waals surface area contributed by atoms with Crippen LogP contribution in [0.15, 0.2) is 47.4 Å². The van der Waals surface area contributed by atoms with E-state index in [2.05, 4.69) is 4.74 Å². The first-order valence-corrected chi connectivity index (χ1v) is 11.2. The van der Waals surface area contributed by atoms with Crippen molar-refractivity contribution in [3.05, 3.63) is 58.6 Å². The molecule has 0 aliphatic heterocycles. The topological polar surface area (TPSA) is 86.7 Å². The van der Waals surface area contributed by atoms with Gasteiger partial charge in [0.1, 0.15) is 5.75 Å². The highest BCUT2D eigenvalue weighted by Gasteiger charge is 2.21. The molecule has 6 nitrogen and oxygen atoms in total. The highest BCUT2D eigenvalue weighted by Crippen LogP contribution is 2.28. The second-order valence-electron chi connectivity index (χ2n) is 6.05. The molecule has 0 aromatic heterocycles. The monoisotopic (exact) mass is 440 g/mol. The maximum absolute atomic E-state index is 12.7. The number of hydrogen-bond donors (Lipinski definition) is 0. The van der Waals surface area contributed by atoms with Gasteiger partial charge in [0.2, 0.25) is 0 Å². The van der Waals surface area contributed by atoms with Crippen LogP contribution in [0.3, 0.4) is 0 Å². The highest BCUT2D eigenvalue weighted by atomic mass is 35.5. The number of ketones is 1. The number of benzene rings is 2. The van der Waals surface area contributed by atoms with Crippen molar-refractivity contribution < 1.29 is 27.5 Å². The van der Waals surface area contributed by atoms with Gasteiger partial charge in [0.15, 0.2) is 15.6 Å². The van der Waals surface area contributed by atoms with Crippen LogP contribution in [0, 0.1) is 0 Å². The molecule has 1 unspecified atom stereocenters. The number of Topliss-reactive ketones (excluding diaryl/α,β-unsaturated/α-hetero) is 1. The van der Waals surface area contributed by atoms with Crippen LogP contribution in [0.5, 0.6) is 5.75 Å². The summed E-state index contributed by atoms with van der Waals surface area (Å²) < 4.78 is 32.6. The third kappa shape index (κ3) is 7.51. The van der Waals surface area contributed by atoms with E-state index in [0.29, 0.717) is 25.2 Å². The number of hydrogen-bond acceptors (Lipinski definition) is 6. The van der Waals surface area contributed by atoms with Crippen LogP contribution in [0.2, 0.25) is 5.02 Å². The molecule has 0 aliphatic rings. The molecule has 1 atom stereocenters. The van der Waals surface area contributed by atoms with Gasteiger partial charge in [-0.2, -0.15) is 0 Å². The van der Waals surface area contributed by atoms with Crippen molar-refractivity contribution in [3.8, 4) is 5.75 Å². The summed E-state index contributed by atoms with van der Waals surface area (Å²) in [6.07, 6.45) is 1.10. The van der Waals surface area contributed by atoms with E-state index in [-0.39, 0.29) is 15.7 Å². The average Bonchev–Trinajstić information content (AvgIpc) is 2.68. The van der Waals surface area contributed by atoms with E-state index in [9.17, 15) is 18.0 Å². The Morgan fingerprint density at radius 3 is 2.14 bits per heavy atom. The quantitative estimate of drug-likeness (QED) is 0.449. The van der Waals surface area contributed by atoms with Gasteiger partial charge in [-0.1, -0.05) is 30.7 Å². The maximum Gasteiger partial charge on any atom is 0.293 e. The Kier molecular flexibility index (Phi) is 9.85. The van der Waals surface area contributed by atoms with E-state index in [0.717, 1.165) is 17.6 Å². The summed E-state index contributed by atoms with van der Waals surface area (Å²) in [5, 5.41) is 0.140. The molecule has 0 amide bonds. The number of ether oxygens (including phenoxy) is 2. The van der Waals surface area contributed by atoms with E-state index >= 15 is 0 Å². The minimum absolute atomic E-state index is 0.0952. The molecule has 0 saturated carbocycles. The van der Waals surface area contributed by atoms with Crippen molar-refractivity contribution in [3.63, 3.8) is 0 Å². The fraction of sp³-hybridized carbons (Fsp3) is 0.333. The Morgan fingerprint density at radius 1 is 1.10 bits per heavy atom. The minimum Gasteiger partial charge on any atom is -0.494 e. The van der Waals surface area contributed by atoms with Gasteiger partial charge >= 0.3 is 0 Å². The van der Waals surface area contributed by atoms with Gasteiger partial charge in [0.05, 0.1) is 23.1 Å². The molecule has 29 heavy (non-hydrogen) atoms. The van der Waals surface area contributed by atoms with Gasteiger partial charge < -0.3 is 9.47 Å². The summed E-state index contributed by atoms with van der Waals surface area (Å²) in [5.74, 6) is 0.183. The van der Waals surface area contributed by atoms with Crippen LogP contribution < -0.4 is 4.74 Å². The van der Waals surface area contributed by atoms with E-state index in [1.54, 1.807) is 13.8 Å². The molecule has 0 heterocycles. The largest absolute Gasteiger partial charge is 0.494 e. The molecule has 0 aliphatic carbocycles. The van der Waals surface area contributed by atoms with Crippen molar-refractivity contribution in [1.29, 1.82) is 0 Å². The SMILES string of the molecule is CCOC=O.CCOc1ccc(C(C)C(=O)c2ccc(S(C)(=O)=O)cc2Cl)cc1. The summed E-state index contributed by atoms with van der Waals surface area (Å²) in [6, 6.07) is 11.5. The normalized spacial score (nSPS) is 11.6. The zero-order valence-corrected chi connectivity index (χ0v) is 18.4. The van der Waals surface area contributed by atoms with E-state index in [1.807, 2.05) is 31.2 Å². The Hall–Kier alpha value is -2.38. The average molecular weight is 441 g/mol. The molecule has 0 saturated heterocycles. The predicted molar refractivity (Wildman–Crippen MR) is 113 cm³/mol. The molecule has 0 bridgehead atoms. The second kappa shape index (κ2) is 11.6. The zero-order chi connectivity index (χ0) is 22.0. The Morgan fingerprint density at radius 2 is 1.72 bits per heavy atom. The van der Waals surface area contributed by atoms with Gasteiger partial charge in [0.25, 0.3) is 6.47 Å². The standard InChI is InChI=1S/C18H19ClO4S.C3H6O2/c1-4-23-14-7-5-13(6-8-14)12(2)18(20)16-10-9-15(11-17(16)19)24(3,21)22;1-2-5-3-4/h5-12H,4H2,1-3H3;3H,2H2,1H3. The lowest BCUT2D eigenvalue weighted by atomic mass is 9.92. The molecular weight excluding hydrogens is 416 g/mol. The van der Waals surface area contributed by atoms with Gasteiger partial charge in [-0.15, -0.1) is 0 Å². The summed E-state index contributed by atoms with van der Waals surface area (Å²) >= 11 is 6.12. The van der Waals surface area contributed by atoms with Gasteiger partial charge in [-0.3, -0.25) is 9.59 Å². The molecule has 158 valence electrons. The molecule has 8 heteroatoms. The third-order valence-electron chi connectivity index (χ3n) is 3.95. The fourth-order valence-corrected chi connectivity index (χ4v) is 3.38. The van der Waals surface area contributed by atoms with Crippen LogP contribution in [-0.4, -0.2) is 40.1 Å². The first-order chi connectivity index (χ1) is 13.6. The predicted octanol–water partition coefficient (Wildman–Crippen LogP) is 4.31. The lowest BCUT2D eigenvalue weighted by Gasteiger charge is -2.13. The number of rotatable bonds is 8. The van der Waals surface area contributed by atoms with Gasteiger partial charge in [-0.05, 0) is 49.7 Å². The molecular formula is C21H25ClO6S. The summed E-state index contributed by atoms with van der Waals surface area (Å²) in [4.78, 5) is 22.0. The van der Waals surface area contributed by atoms with Crippen LogP contribution in [0.4, 0.5) is 0 Å². The zero-order valence-electron chi connectivity index (χ0n) is 16.8. The maximum atomic E-state index is 12.7. The number of carbonyl (C=O) groups is 2. The Bertz CT molecular complexity index is 923. The van der Waals surface area contributed by atoms with E-state index in [1.165, 1.54) is 18.2 Å². The van der Waals surface area contributed by atoms with E-state index < -0.39 is 15.8 Å². The first-order valence-electron chi connectivity index (χ1n) is 8.97. The fourth-order valence-electron chi connectivity index (χ4n) is 2.40.